The van der Waals surface area contributed by atoms with E-state index in [4.69, 9.17) is 15.3 Å². The third-order valence-corrected chi connectivity index (χ3v) is 2.67. The molecule has 1 rings (SSSR count). The minimum Gasteiger partial charge on any atom is -0.445 e. The Morgan fingerprint density at radius 3 is 2.82 bits per heavy atom. The Balaban J connectivity index is 2.23. The normalized spacial score (nSPS) is 11.6. The van der Waals surface area contributed by atoms with E-state index in [1.54, 1.807) is 7.11 Å². The van der Waals surface area contributed by atoms with Gasteiger partial charge in [-0.25, -0.2) is 4.79 Å². The summed E-state index contributed by atoms with van der Waals surface area (Å²) in [7, 11) is 1.64. The molecule has 3 N–H and O–H groups in total. The topological polar surface area (TPSA) is 98.3 Å². The van der Waals surface area contributed by atoms with Gasteiger partial charge in [-0.1, -0.05) is 30.3 Å². The summed E-state index contributed by atoms with van der Waals surface area (Å²) in [6.45, 7) is 1.65. The third kappa shape index (κ3) is 8.01. The van der Waals surface area contributed by atoms with Gasteiger partial charge in [-0.3, -0.25) is 4.99 Å². The molecule has 1 aromatic rings. The van der Waals surface area contributed by atoms with E-state index in [0.717, 1.165) is 12.0 Å². The molecule has 0 radical (unpaired) electrons. The number of hydrazone groups is 1. The van der Waals surface area contributed by atoms with Crippen molar-refractivity contribution in [1.29, 1.82) is 0 Å². The summed E-state index contributed by atoms with van der Waals surface area (Å²) < 4.78 is 9.99. The predicted octanol–water partition coefficient (Wildman–Crippen LogP) is 1.33. The molecule has 0 aromatic heterocycles. The average Bonchev–Trinajstić information content (AvgIpc) is 2.56. The van der Waals surface area contributed by atoms with Crippen LogP contribution < -0.4 is 11.2 Å². The van der Waals surface area contributed by atoms with Gasteiger partial charge in [-0.05, 0) is 12.0 Å². The van der Waals surface area contributed by atoms with Crippen molar-refractivity contribution in [1.82, 2.24) is 5.32 Å². The van der Waals surface area contributed by atoms with Crippen molar-refractivity contribution < 1.29 is 14.3 Å². The number of nitrogens with one attached hydrogen (secondary N) is 1. The molecule has 0 aliphatic heterocycles. The van der Waals surface area contributed by atoms with Crippen molar-refractivity contribution in [2.24, 2.45) is 15.9 Å². The van der Waals surface area contributed by atoms with Gasteiger partial charge in [0, 0.05) is 26.5 Å². The van der Waals surface area contributed by atoms with Crippen molar-refractivity contribution in [2.45, 2.75) is 13.0 Å². The summed E-state index contributed by atoms with van der Waals surface area (Å²) >= 11 is 0. The van der Waals surface area contributed by atoms with Crippen molar-refractivity contribution in [2.75, 3.05) is 26.8 Å². The highest BCUT2D eigenvalue weighted by Crippen LogP contribution is 2.00. The van der Waals surface area contributed by atoms with Crippen LogP contribution >= 0.6 is 0 Å². The summed E-state index contributed by atoms with van der Waals surface area (Å²) in [4.78, 5) is 15.7. The molecule has 0 aliphatic carbocycles. The molecule has 0 atom stereocenters. The highest BCUT2D eigenvalue weighted by Gasteiger charge is 2.04. The molecule has 22 heavy (non-hydrogen) atoms. The summed E-state index contributed by atoms with van der Waals surface area (Å²) in [6.07, 6.45) is 1.82. The van der Waals surface area contributed by atoms with Crippen molar-refractivity contribution >= 4 is 18.0 Å². The number of hydrogen-bond acceptors (Lipinski definition) is 6. The fourth-order valence-electron chi connectivity index (χ4n) is 1.53. The van der Waals surface area contributed by atoms with Crippen LogP contribution in [0.5, 0.6) is 0 Å². The number of carbonyl (C=O) groups excluding carboxylic acids is 1. The molecule has 0 aliphatic rings. The first-order chi connectivity index (χ1) is 10.8. The number of nitrogens with zero attached hydrogens (tertiary/aromatic N) is 2. The molecular weight excluding hydrogens is 284 g/mol. The van der Waals surface area contributed by atoms with Crippen molar-refractivity contribution in [3.8, 4) is 0 Å². The molecule has 1 amide bonds. The van der Waals surface area contributed by atoms with Crippen LogP contribution in [0.25, 0.3) is 0 Å². The maximum atomic E-state index is 11.6. The van der Waals surface area contributed by atoms with Crippen LogP contribution in [0, 0.1) is 0 Å². The zero-order chi connectivity index (χ0) is 16.0. The fraction of sp³-hybridized carbons (Fsp3) is 0.400. The van der Waals surface area contributed by atoms with Crippen molar-refractivity contribution in [3.05, 3.63) is 35.9 Å². The van der Waals surface area contributed by atoms with Gasteiger partial charge >= 0.3 is 6.09 Å². The summed E-state index contributed by atoms with van der Waals surface area (Å²) in [6, 6.07) is 9.44. The molecule has 0 fully saturated rings. The van der Waals surface area contributed by atoms with Gasteiger partial charge in [-0.15, -0.1) is 0 Å². The number of amides is 1. The number of nitrogens with two attached hydrogens (primary N) is 1. The standard InChI is InChI=1S/C15H22N4O3/c1-21-9-5-8-17-10-14(19-16)11-18-15(20)22-12-13-6-3-2-4-7-13/h2-4,6-7,10H,5,8-9,11-12,16H2,1H3,(H,18,20)/b17-10?,19-14+. The van der Waals surface area contributed by atoms with Gasteiger partial charge in [0.15, 0.2) is 0 Å². The first kappa shape index (κ1) is 17.6. The molecule has 0 bridgehead atoms. The van der Waals surface area contributed by atoms with Crippen molar-refractivity contribution in [3.63, 3.8) is 0 Å². The first-order valence-corrected chi connectivity index (χ1v) is 6.96. The number of methoxy groups -OCH3 is 1. The number of alkyl carbamates (subject to hydrolysis) is 1. The van der Waals surface area contributed by atoms with Gasteiger partial charge in [0.25, 0.3) is 0 Å². The lowest BCUT2D eigenvalue weighted by atomic mass is 10.2. The first-order valence-electron chi connectivity index (χ1n) is 6.96. The van der Waals surface area contributed by atoms with Crippen LogP contribution in [0.4, 0.5) is 4.79 Å². The Labute approximate surface area is 130 Å². The van der Waals surface area contributed by atoms with E-state index >= 15 is 0 Å². The van der Waals surface area contributed by atoms with Gasteiger partial charge in [0.2, 0.25) is 0 Å². The Kier molecular flexibility index (Phi) is 9.04. The van der Waals surface area contributed by atoms with Crippen LogP contribution in [0.1, 0.15) is 12.0 Å². The second kappa shape index (κ2) is 11.3. The lowest BCUT2D eigenvalue weighted by Gasteiger charge is -2.06. The SMILES string of the molecule is COCCCN=C/C(CNC(=O)OCc1ccccc1)=N\N. The van der Waals surface area contributed by atoms with E-state index in [9.17, 15) is 4.79 Å². The molecular formula is C15H22N4O3. The lowest BCUT2D eigenvalue weighted by molar-refractivity contribution is 0.141. The zero-order valence-electron chi connectivity index (χ0n) is 12.7. The Morgan fingerprint density at radius 1 is 1.36 bits per heavy atom. The zero-order valence-corrected chi connectivity index (χ0v) is 12.7. The maximum absolute atomic E-state index is 11.6. The van der Waals surface area contributed by atoms with E-state index in [1.165, 1.54) is 6.21 Å². The summed E-state index contributed by atoms with van der Waals surface area (Å²) in [5.41, 5.74) is 1.39. The minimum atomic E-state index is -0.530. The molecule has 0 spiro atoms. The van der Waals surface area contributed by atoms with E-state index in [2.05, 4.69) is 15.4 Å². The quantitative estimate of drug-likeness (QED) is 0.311. The van der Waals surface area contributed by atoms with Crippen LogP contribution in [0.15, 0.2) is 40.4 Å². The van der Waals surface area contributed by atoms with E-state index in [0.29, 0.717) is 18.9 Å². The average molecular weight is 306 g/mol. The number of carbonyl (C=O) groups is 1. The van der Waals surface area contributed by atoms with Gasteiger partial charge in [0.05, 0.1) is 12.3 Å². The van der Waals surface area contributed by atoms with Gasteiger partial charge in [0.1, 0.15) is 6.61 Å². The minimum absolute atomic E-state index is 0.165. The van der Waals surface area contributed by atoms with Gasteiger partial charge in [-0.2, -0.15) is 5.10 Å². The number of ether oxygens (including phenoxy) is 2. The van der Waals surface area contributed by atoms with E-state index in [1.807, 2.05) is 30.3 Å². The highest BCUT2D eigenvalue weighted by molar-refractivity contribution is 6.31. The molecule has 7 nitrogen and oxygen atoms in total. The van der Waals surface area contributed by atoms with Crippen LogP contribution in [0.3, 0.4) is 0 Å². The van der Waals surface area contributed by atoms with Crippen LogP contribution in [-0.2, 0) is 16.1 Å². The molecule has 0 unspecified atom stereocenters. The third-order valence-electron chi connectivity index (χ3n) is 2.67. The maximum Gasteiger partial charge on any atom is 0.407 e. The second-order valence-corrected chi connectivity index (χ2v) is 4.42. The van der Waals surface area contributed by atoms with Gasteiger partial charge < -0.3 is 20.6 Å². The Morgan fingerprint density at radius 2 is 2.14 bits per heavy atom. The Bertz CT molecular complexity index is 489. The monoisotopic (exact) mass is 306 g/mol. The molecule has 1 aromatic carbocycles. The Hall–Kier alpha value is -2.41. The van der Waals surface area contributed by atoms with E-state index < -0.39 is 6.09 Å². The molecule has 0 heterocycles. The number of aliphatic imine (C=N–C) groups is 1. The highest BCUT2D eigenvalue weighted by atomic mass is 16.5. The largest absolute Gasteiger partial charge is 0.445 e. The molecule has 0 saturated heterocycles. The lowest BCUT2D eigenvalue weighted by Crippen LogP contribution is -2.31. The summed E-state index contributed by atoms with van der Waals surface area (Å²) in [5, 5.41) is 6.13. The smallest absolute Gasteiger partial charge is 0.407 e. The predicted molar refractivity (Wildman–Crippen MR) is 86.1 cm³/mol. The van der Waals surface area contributed by atoms with E-state index in [-0.39, 0.29) is 13.2 Å². The fourth-order valence-corrected chi connectivity index (χ4v) is 1.53. The molecule has 120 valence electrons. The number of benzene rings is 1. The summed E-state index contributed by atoms with van der Waals surface area (Å²) in [5.74, 6) is 5.24. The second-order valence-electron chi connectivity index (χ2n) is 4.42. The van der Waals surface area contributed by atoms with Crippen LogP contribution in [-0.4, -0.2) is 44.8 Å². The molecule has 7 heteroatoms. The van der Waals surface area contributed by atoms with Crippen LogP contribution in [0.2, 0.25) is 0 Å². The number of rotatable bonds is 9. The molecule has 0 saturated carbocycles. The number of hydrogen-bond donors (Lipinski definition) is 2.